The van der Waals surface area contributed by atoms with Gasteiger partial charge >= 0.3 is 12.3 Å². The summed E-state index contributed by atoms with van der Waals surface area (Å²) in [4.78, 5) is 26.2. The molecule has 2 aromatic rings. The van der Waals surface area contributed by atoms with Gasteiger partial charge in [-0.2, -0.15) is 13.2 Å². The van der Waals surface area contributed by atoms with Gasteiger partial charge < -0.3 is 14.5 Å². The quantitative estimate of drug-likeness (QED) is 0.658. The molecule has 1 aromatic carbocycles. The van der Waals surface area contributed by atoms with Crippen molar-refractivity contribution in [1.29, 1.82) is 0 Å². The van der Waals surface area contributed by atoms with E-state index in [-0.39, 0.29) is 30.1 Å². The molecule has 2 aliphatic rings. The Morgan fingerprint density at radius 1 is 1.06 bits per heavy atom. The monoisotopic (exact) mass is 477 g/mol. The molecule has 1 aromatic heterocycles. The number of halogens is 3. The van der Waals surface area contributed by atoms with Crippen LogP contribution in [0.4, 0.5) is 23.8 Å². The fourth-order valence-electron chi connectivity index (χ4n) is 4.57. The number of alkyl halides is 3. The number of ether oxygens (including phenoxy) is 1. The molecule has 34 heavy (non-hydrogen) atoms. The Labute approximate surface area is 197 Å². The number of carbonyl (C=O) groups is 1. The molecule has 2 fully saturated rings. The molecule has 3 heterocycles. The van der Waals surface area contributed by atoms with Gasteiger partial charge in [0.25, 0.3) is 0 Å². The van der Waals surface area contributed by atoms with Gasteiger partial charge in [0.2, 0.25) is 0 Å². The number of benzene rings is 1. The minimum absolute atomic E-state index is 0.130. The lowest BCUT2D eigenvalue weighted by Crippen LogP contribution is -2.59. The Kier molecular flexibility index (Phi) is 7.25. The first-order valence-corrected chi connectivity index (χ1v) is 11.6. The standard InChI is InChI=1S/C24H30F3N5O2/c1-17-15-32(18(2)14-31(17)22-13-28-12-21(29-22)24(25,26)27)23(33)34-20-8-10-30(11-9-20)16-19-6-4-3-5-7-19/h3-7,12-13,17-18,20H,8-11,14-16H2,1-2H3/t17-,18-/m1/s1. The number of hydrogen-bond donors (Lipinski definition) is 0. The molecule has 10 heteroatoms. The number of anilines is 1. The highest BCUT2D eigenvalue weighted by atomic mass is 19.4. The van der Waals surface area contributed by atoms with Crippen molar-refractivity contribution < 1.29 is 22.7 Å². The number of carbonyl (C=O) groups excluding carboxylic acids is 1. The van der Waals surface area contributed by atoms with Crippen LogP contribution in [0.2, 0.25) is 0 Å². The van der Waals surface area contributed by atoms with E-state index in [2.05, 4.69) is 27.0 Å². The number of rotatable bonds is 4. The van der Waals surface area contributed by atoms with Crippen LogP contribution in [0.1, 0.15) is 37.9 Å². The lowest BCUT2D eigenvalue weighted by molar-refractivity contribution is -0.141. The maximum Gasteiger partial charge on any atom is 0.434 e. The minimum atomic E-state index is -4.56. The van der Waals surface area contributed by atoms with E-state index in [1.54, 1.807) is 9.80 Å². The van der Waals surface area contributed by atoms with E-state index in [1.807, 2.05) is 32.0 Å². The Morgan fingerprint density at radius 2 is 1.76 bits per heavy atom. The number of amides is 1. The number of aromatic nitrogens is 2. The Hall–Kier alpha value is -2.88. The molecule has 2 saturated heterocycles. The highest BCUT2D eigenvalue weighted by molar-refractivity contribution is 5.69. The molecule has 0 bridgehead atoms. The van der Waals surface area contributed by atoms with E-state index < -0.39 is 11.9 Å². The molecule has 2 aliphatic heterocycles. The lowest BCUT2D eigenvalue weighted by Gasteiger charge is -2.44. The molecule has 184 valence electrons. The van der Waals surface area contributed by atoms with Gasteiger partial charge in [0.15, 0.2) is 5.69 Å². The maximum absolute atomic E-state index is 13.0. The molecule has 0 radical (unpaired) electrons. The van der Waals surface area contributed by atoms with Crippen LogP contribution in [0.5, 0.6) is 0 Å². The zero-order valence-electron chi connectivity index (χ0n) is 19.4. The molecular formula is C24H30F3N5O2. The zero-order valence-corrected chi connectivity index (χ0v) is 19.4. The predicted molar refractivity (Wildman–Crippen MR) is 121 cm³/mol. The summed E-state index contributed by atoms with van der Waals surface area (Å²) in [5.74, 6) is 0.160. The summed E-state index contributed by atoms with van der Waals surface area (Å²) in [6, 6.07) is 9.83. The van der Waals surface area contributed by atoms with Crippen LogP contribution in [0.15, 0.2) is 42.7 Å². The van der Waals surface area contributed by atoms with Crippen molar-refractivity contribution >= 4 is 11.9 Å². The summed E-state index contributed by atoms with van der Waals surface area (Å²) >= 11 is 0. The van der Waals surface area contributed by atoms with E-state index in [0.717, 1.165) is 38.7 Å². The minimum Gasteiger partial charge on any atom is -0.446 e. The van der Waals surface area contributed by atoms with E-state index in [1.165, 1.54) is 11.8 Å². The van der Waals surface area contributed by atoms with E-state index in [0.29, 0.717) is 13.1 Å². The average Bonchev–Trinajstić information content (AvgIpc) is 2.82. The highest BCUT2D eigenvalue weighted by Crippen LogP contribution is 2.30. The maximum atomic E-state index is 13.0. The predicted octanol–water partition coefficient (Wildman–Crippen LogP) is 4.20. The highest BCUT2D eigenvalue weighted by Gasteiger charge is 2.37. The number of nitrogens with zero attached hydrogens (tertiary/aromatic N) is 5. The van der Waals surface area contributed by atoms with Crippen LogP contribution in [0.3, 0.4) is 0 Å². The largest absolute Gasteiger partial charge is 0.446 e. The van der Waals surface area contributed by atoms with Gasteiger partial charge in [-0.15, -0.1) is 0 Å². The van der Waals surface area contributed by atoms with Crippen LogP contribution in [0.25, 0.3) is 0 Å². The van der Waals surface area contributed by atoms with Crippen molar-refractivity contribution in [2.45, 2.75) is 57.6 Å². The van der Waals surface area contributed by atoms with Crippen LogP contribution in [0, 0.1) is 0 Å². The molecule has 0 N–H and O–H groups in total. The third kappa shape index (κ3) is 5.78. The summed E-state index contributed by atoms with van der Waals surface area (Å²) in [6.45, 7) is 7.02. The normalized spacial score (nSPS) is 22.6. The fraction of sp³-hybridized carbons (Fsp3) is 0.542. The molecule has 0 aliphatic carbocycles. The van der Waals surface area contributed by atoms with Crippen LogP contribution in [-0.2, 0) is 17.5 Å². The summed E-state index contributed by atoms with van der Waals surface area (Å²) in [5, 5.41) is 0. The van der Waals surface area contributed by atoms with Gasteiger partial charge in [0, 0.05) is 44.8 Å². The van der Waals surface area contributed by atoms with E-state index in [9.17, 15) is 18.0 Å². The second-order valence-electron chi connectivity index (χ2n) is 9.11. The average molecular weight is 478 g/mol. The third-order valence-electron chi connectivity index (χ3n) is 6.48. The number of hydrogen-bond acceptors (Lipinski definition) is 6. The first-order valence-electron chi connectivity index (χ1n) is 11.6. The third-order valence-corrected chi connectivity index (χ3v) is 6.48. The molecule has 4 rings (SSSR count). The van der Waals surface area contributed by atoms with Gasteiger partial charge in [-0.25, -0.2) is 9.78 Å². The number of piperazine rings is 1. The summed E-state index contributed by atoms with van der Waals surface area (Å²) < 4.78 is 44.9. The molecule has 0 spiro atoms. The molecular weight excluding hydrogens is 447 g/mol. The van der Waals surface area contributed by atoms with Gasteiger partial charge in [-0.05, 0) is 32.3 Å². The van der Waals surface area contributed by atoms with Crippen molar-refractivity contribution in [1.82, 2.24) is 19.8 Å². The van der Waals surface area contributed by atoms with Crippen LogP contribution < -0.4 is 4.90 Å². The summed E-state index contributed by atoms with van der Waals surface area (Å²) in [6.07, 6.45) is -1.44. The van der Waals surface area contributed by atoms with Gasteiger partial charge in [0.05, 0.1) is 12.4 Å². The van der Waals surface area contributed by atoms with Crippen molar-refractivity contribution in [3.05, 3.63) is 54.0 Å². The van der Waals surface area contributed by atoms with Gasteiger partial charge in [-0.1, -0.05) is 30.3 Å². The Morgan fingerprint density at radius 3 is 2.44 bits per heavy atom. The zero-order chi connectivity index (χ0) is 24.3. The van der Waals surface area contributed by atoms with E-state index in [4.69, 9.17) is 4.74 Å². The first-order chi connectivity index (χ1) is 16.2. The van der Waals surface area contributed by atoms with Crippen molar-refractivity contribution in [2.24, 2.45) is 0 Å². The fourth-order valence-corrected chi connectivity index (χ4v) is 4.57. The summed E-state index contributed by atoms with van der Waals surface area (Å²) in [7, 11) is 0. The second-order valence-corrected chi connectivity index (χ2v) is 9.11. The van der Waals surface area contributed by atoms with Crippen LogP contribution in [-0.4, -0.2) is 70.2 Å². The van der Waals surface area contributed by atoms with Crippen molar-refractivity contribution in [3.8, 4) is 0 Å². The Balaban J connectivity index is 1.30. The van der Waals surface area contributed by atoms with Gasteiger partial charge in [0.1, 0.15) is 11.9 Å². The molecule has 1 amide bonds. The molecule has 0 unspecified atom stereocenters. The number of piperidine rings is 1. The van der Waals surface area contributed by atoms with E-state index >= 15 is 0 Å². The molecule has 0 saturated carbocycles. The topological polar surface area (TPSA) is 61.8 Å². The SMILES string of the molecule is C[C@@H]1CN(c2cncc(C(F)(F)F)n2)[C@H](C)CN1C(=O)OC1CCN(Cc2ccccc2)CC1. The van der Waals surface area contributed by atoms with Crippen LogP contribution >= 0.6 is 0 Å². The van der Waals surface area contributed by atoms with Gasteiger partial charge in [-0.3, -0.25) is 9.88 Å². The second kappa shape index (κ2) is 10.2. The van der Waals surface area contributed by atoms with Crippen molar-refractivity contribution in [3.63, 3.8) is 0 Å². The lowest BCUT2D eigenvalue weighted by atomic mass is 10.1. The number of likely N-dealkylation sites (tertiary alicyclic amines) is 1. The Bertz CT molecular complexity index is 967. The first kappa shape index (κ1) is 24.3. The smallest absolute Gasteiger partial charge is 0.434 e. The molecule has 7 nitrogen and oxygen atoms in total. The summed E-state index contributed by atoms with van der Waals surface area (Å²) in [5.41, 5.74) is 0.245. The van der Waals surface area contributed by atoms with Crippen molar-refractivity contribution in [2.75, 3.05) is 31.1 Å². The molecule has 2 atom stereocenters.